The van der Waals surface area contributed by atoms with E-state index in [4.69, 9.17) is 9.47 Å². The summed E-state index contributed by atoms with van der Waals surface area (Å²) in [4.78, 5) is 45.4. The van der Waals surface area contributed by atoms with Crippen LogP contribution in [0, 0.1) is 0 Å². The van der Waals surface area contributed by atoms with E-state index in [0.29, 0.717) is 22.3 Å². The topological polar surface area (TPSA) is 119 Å². The van der Waals surface area contributed by atoms with Gasteiger partial charge in [0.05, 0.1) is 0 Å². The lowest BCUT2D eigenvalue weighted by atomic mass is 9.94. The van der Waals surface area contributed by atoms with Crippen molar-refractivity contribution >= 4 is 19.8 Å². The molecule has 0 spiro atoms. The Balaban J connectivity index is 2.52. The maximum absolute atomic E-state index is 13.2. The van der Waals surface area contributed by atoms with E-state index >= 15 is 0 Å². The van der Waals surface area contributed by atoms with Crippen LogP contribution in [0.4, 0.5) is 0 Å². The summed E-state index contributed by atoms with van der Waals surface area (Å²) in [6.45, 7) is 15.4. The van der Waals surface area contributed by atoms with Crippen molar-refractivity contribution in [3.8, 4) is 11.5 Å². The first-order valence-corrected chi connectivity index (χ1v) is 13.6. The molecule has 0 atom stereocenters. The molecule has 2 aromatic carbocycles. The number of para-hydroxylation sites is 2. The Morgan fingerprint density at radius 3 is 1.14 bits per heavy atom. The SMILES string of the molecule is CC(C)c1cccc(C(C)C)c1OC(=O)C(OP(=O)(O)O)C(=O)Oc1c(C(C)C)cccc1C(C)C. The lowest BCUT2D eigenvalue weighted by Crippen LogP contribution is -2.39. The highest BCUT2D eigenvalue weighted by atomic mass is 31.2. The highest BCUT2D eigenvalue weighted by Gasteiger charge is 2.39. The van der Waals surface area contributed by atoms with Crippen molar-refractivity contribution in [1.82, 2.24) is 0 Å². The standard InChI is InChI=1S/C27H37O8P/c1-15(2)19-11-9-12-20(16(3)4)23(19)33-26(28)25(35-36(30,31)32)27(29)34-24-21(17(5)6)13-10-14-22(24)18(7)8/h9-18,25H,1-8H3,(H2,30,31,32). The second-order valence-electron chi connectivity index (χ2n) is 9.97. The van der Waals surface area contributed by atoms with Crippen LogP contribution in [-0.4, -0.2) is 27.8 Å². The van der Waals surface area contributed by atoms with Crippen LogP contribution in [0.3, 0.4) is 0 Å². The van der Waals surface area contributed by atoms with Gasteiger partial charge in [-0.25, -0.2) is 14.2 Å². The predicted molar refractivity (Wildman–Crippen MR) is 137 cm³/mol. The highest BCUT2D eigenvalue weighted by molar-refractivity contribution is 7.46. The molecule has 0 saturated heterocycles. The van der Waals surface area contributed by atoms with E-state index in [2.05, 4.69) is 4.52 Å². The number of ether oxygens (including phenoxy) is 2. The van der Waals surface area contributed by atoms with Crippen LogP contribution >= 0.6 is 7.82 Å². The summed E-state index contributed by atoms with van der Waals surface area (Å²) >= 11 is 0. The lowest BCUT2D eigenvalue weighted by molar-refractivity contribution is -0.157. The molecule has 0 fully saturated rings. The quantitative estimate of drug-likeness (QED) is 0.165. The van der Waals surface area contributed by atoms with Gasteiger partial charge in [0.15, 0.2) is 0 Å². The summed E-state index contributed by atoms with van der Waals surface area (Å²) in [5.41, 5.74) is 2.85. The van der Waals surface area contributed by atoms with Gasteiger partial charge in [-0.1, -0.05) is 91.8 Å². The Hall–Kier alpha value is -2.51. The number of esters is 2. The van der Waals surface area contributed by atoms with Crippen molar-refractivity contribution in [2.24, 2.45) is 0 Å². The molecule has 0 aliphatic heterocycles. The Kier molecular flexibility index (Phi) is 10.0. The fourth-order valence-corrected chi connectivity index (χ4v) is 4.28. The van der Waals surface area contributed by atoms with Gasteiger partial charge in [-0.3, -0.25) is 4.52 Å². The number of carbonyl (C=O) groups is 2. The van der Waals surface area contributed by atoms with Crippen LogP contribution in [0.15, 0.2) is 36.4 Å². The summed E-state index contributed by atoms with van der Waals surface area (Å²) in [5, 5.41) is 0. The molecule has 2 rings (SSSR count). The molecule has 2 aromatic rings. The largest absolute Gasteiger partial charge is 0.470 e. The zero-order valence-corrected chi connectivity index (χ0v) is 23.0. The summed E-state index contributed by atoms with van der Waals surface area (Å²) in [5.74, 6) is -2.15. The van der Waals surface area contributed by atoms with E-state index in [0.717, 1.165) is 0 Å². The van der Waals surface area contributed by atoms with Gasteiger partial charge in [-0.15, -0.1) is 0 Å². The molecule has 198 valence electrons. The van der Waals surface area contributed by atoms with E-state index in [1.807, 2.05) is 67.5 Å². The Morgan fingerprint density at radius 1 is 0.639 bits per heavy atom. The number of carbonyl (C=O) groups excluding carboxylic acids is 2. The van der Waals surface area contributed by atoms with E-state index in [1.165, 1.54) is 0 Å². The molecule has 2 N–H and O–H groups in total. The van der Waals surface area contributed by atoms with Gasteiger partial charge in [0, 0.05) is 0 Å². The second kappa shape index (κ2) is 12.2. The van der Waals surface area contributed by atoms with Crippen LogP contribution in [-0.2, 0) is 18.7 Å². The van der Waals surface area contributed by atoms with Gasteiger partial charge in [0.25, 0.3) is 6.10 Å². The first-order chi connectivity index (χ1) is 16.6. The van der Waals surface area contributed by atoms with Gasteiger partial charge in [0.2, 0.25) is 0 Å². The fraction of sp³-hybridized carbons (Fsp3) is 0.481. The summed E-state index contributed by atoms with van der Waals surface area (Å²) in [6, 6.07) is 10.9. The number of phosphoric ester groups is 1. The highest BCUT2D eigenvalue weighted by Crippen LogP contribution is 2.40. The maximum atomic E-state index is 13.2. The maximum Gasteiger partial charge on any atom is 0.470 e. The van der Waals surface area contributed by atoms with Crippen LogP contribution in [0.1, 0.15) is 101 Å². The van der Waals surface area contributed by atoms with Gasteiger partial charge in [-0.05, 0) is 45.9 Å². The molecule has 0 bridgehead atoms. The van der Waals surface area contributed by atoms with Crippen LogP contribution < -0.4 is 9.47 Å². The molecule has 0 saturated carbocycles. The van der Waals surface area contributed by atoms with Crippen LogP contribution in [0.25, 0.3) is 0 Å². The molecule has 0 aromatic heterocycles. The number of benzene rings is 2. The van der Waals surface area contributed by atoms with Gasteiger partial charge >= 0.3 is 19.8 Å². The zero-order chi connectivity index (χ0) is 27.4. The van der Waals surface area contributed by atoms with E-state index < -0.39 is 25.9 Å². The Morgan fingerprint density at radius 2 is 0.917 bits per heavy atom. The second-order valence-corrected chi connectivity index (χ2v) is 11.2. The molecule has 0 radical (unpaired) electrons. The van der Waals surface area contributed by atoms with E-state index in [-0.39, 0.29) is 35.2 Å². The minimum absolute atomic E-state index is 0.0221. The van der Waals surface area contributed by atoms with Crippen molar-refractivity contribution in [3.05, 3.63) is 58.7 Å². The molecule has 36 heavy (non-hydrogen) atoms. The number of phosphoric acid groups is 1. The van der Waals surface area contributed by atoms with Gasteiger partial charge in [0.1, 0.15) is 11.5 Å². The first kappa shape index (κ1) is 29.7. The monoisotopic (exact) mass is 520 g/mol. The molecule has 0 unspecified atom stereocenters. The molecular weight excluding hydrogens is 483 g/mol. The van der Waals surface area contributed by atoms with Gasteiger partial charge < -0.3 is 19.3 Å². The van der Waals surface area contributed by atoms with Crippen molar-refractivity contribution in [3.63, 3.8) is 0 Å². The van der Waals surface area contributed by atoms with Crippen molar-refractivity contribution in [1.29, 1.82) is 0 Å². The molecular formula is C27H37O8P. The average molecular weight is 521 g/mol. The minimum Gasteiger partial charge on any atom is -0.424 e. The molecule has 0 heterocycles. The average Bonchev–Trinajstić information content (AvgIpc) is 2.76. The number of hydrogen-bond donors (Lipinski definition) is 2. The molecule has 0 aliphatic rings. The van der Waals surface area contributed by atoms with E-state index in [9.17, 15) is 23.9 Å². The predicted octanol–water partition coefficient (Wildman–Crippen LogP) is 6.17. The van der Waals surface area contributed by atoms with Crippen molar-refractivity contribution in [2.75, 3.05) is 0 Å². The molecule has 0 aliphatic carbocycles. The fourth-order valence-electron chi connectivity index (χ4n) is 3.83. The minimum atomic E-state index is -5.26. The molecule has 8 nitrogen and oxygen atoms in total. The number of hydrogen-bond acceptors (Lipinski definition) is 6. The summed E-state index contributed by atoms with van der Waals surface area (Å²) in [6.07, 6.45) is -2.30. The third-order valence-corrected chi connectivity index (χ3v) is 6.20. The normalized spacial score (nSPS) is 12.2. The third kappa shape index (κ3) is 7.50. The van der Waals surface area contributed by atoms with Crippen molar-refractivity contribution < 1.29 is 37.9 Å². The van der Waals surface area contributed by atoms with E-state index in [1.54, 1.807) is 24.3 Å². The van der Waals surface area contributed by atoms with Crippen LogP contribution in [0.2, 0.25) is 0 Å². The summed E-state index contributed by atoms with van der Waals surface area (Å²) < 4.78 is 27.6. The summed E-state index contributed by atoms with van der Waals surface area (Å²) in [7, 11) is -5.26. The van der Waals surface area contributed by atoms with Gasteiger partial charge in [-0.2, -0.15) is 0 Å². The molecule has 0 amide bonds. The smallest absolute Gasteiger partial charge is 0.424 e. The molecule has 9 heteroatoms. The third-order valence-electron chi connectivity index (χ3n) is 5.72. The van der Waals surface area contributed by atoms with Crippen molar-refractivity contribution in [2.45, 2.75) is 85.2 Å². The van der Waals surface area contributed by atoms with Crippen LogP contribution in [0.5, 0.6) is 11.5 Å². The Bertz CT molecular complexity index is 1000. The zero-order valence-electron chi connectivity index (χ0n) is 22.1. The Labute approximate surface area is 213 Å². The lowest BCUT2D eigenvalue weighted by Gasteiger charge is -2.23. The number of rotatable bonds is 10. The first-order valence-electron chi connectivity index (χ1n) is 12.1.